The monoisotopic (exact) mass is 469 g/mol. The van der Waals surface area contributed by atoms with Crippen LogP contribution in [0.15, 0.2) is 27.8 Å². The van der Waals surface area contributed by atoms with Crippen LogP contribution in [0.3, 0.4) is 0 Å². The molecule has 0 bridgehead atoms. The molecule has 0 saturated carbocycles. The molecule has 24 heavy (non-hydrogen) atoms. The second-order valence-corrected chi connectivity index (χ2v) is 9.20. The van der Waals surface area contributed by atoms with Crippen LogP contribution in [-0.2, 0) is 16.3 Å². The van der Waals surface area contributed by atoms with Gasteiger partial charge >= 0.3 is 0 Å². The molecular weight excluding hydrogens is 441 g/mol. The molecule has 8 heteroatoms. The molecule has 1 aliphatic rings. The minimum Gasteiger partial charge on any atom is -0.469 e. The summed E-state index contributed by atoms with van der Waals surface area (Å²) in [4.78, 5) is 6.66. The van der Waals surface area contributed by atoms with E-state index in [9.17, 15) is 8.42 Å². The average Bonchev–Trinajstić information content (AvgIpc) is 2.99. The number of furan rings is 1. The smallest absolute Gasteiger partial charge is 0.194 e. The van der Waals surface area contributed by atoms with Crippen molar-refractivity contribution in [2.75, 3.05) is 31.9 Å². The number of rotatable bonds is 5. The Labute approximate surface area is 162 Å². The molecule has 0 unspecified atom stereocenters. The molecule has 0 amide bonds. The van der Waals surface area contributed by atoms with Crippen molar-refractivity contribution in [2.45, 2.75) is 38.4 Å². The second kappa shape index (κ2) is 9.07. The van der Waals surface area contributed by atoms with Crippen LogP contribution in [0, 0.1) is 0 Å². The van der Waals surface area contributed by atoms with Crippen molar-refractivity contribution < 1.29 is 12.8 Å². The van der Waals surface area contributed by atoms with Crippen LogP contribution in [0.4, 0.5) is 0 Å². The minimum atomic E-state index is -3.04. The molecule has 0 radical (unpaired) electrons. The van der Waals surface area contributed by atoms with Gasteiger partial charge < -0.3 is 14.6 Å². The van der Waals surface area contributed by atoms with Crippen molar-refractivity contribution in [3.8, 4) is 0 Å². The summed E-state index contributed by atoms with van der Waals surface area (Å²) in [6.45, 7) is 8.04. The zero-order chi connectivity index (χ0) is 16.9. The van der Waals surface area contributed by atoms with Crippen LogP contribution in [0.5, 0.6) is 0 Å². The van der Waals surface area contributed by atoms with Crippen LogP contribution in [-0.4, -0.2) is 56.0 Å². The number of hydrogen-bond donors (Lipinski definition) is 1. The van der Waals surface area contributed by atoms with E-state index in [2.05, 4.69) is 22.1 Å². The third-order valence-corrected chi connectivity index (χ3v) is 6.60. The van der Waals surface area contributed by atoms with Crippen molar-refractivity contribution in [3.05, 3.63) is 24.2 Å². The number of aliphatic imine (C=N–C) groups is 1. The summed E-state index contributed by atoms with van der Waals surface area (Å²) in [5.41, 5.74) is 0. The van der Waals surface area contributed by atoms with Gasteiger partial charge in [0.15, 0.2) is 15.8 Å². The Morgan fingerprint density at radius 1 is 1.46 bits per heavy atom. The Morgan fingerprint density at radius 2 is 2.21 bits per heavy atom. The lowest BCUT2D eigenvalue weighted by Crippen LogP contribution is -2.57. The van der Waals surface area contributed by atoms with Crippen LogP contribution < -0.4 is 5.32 Å². The lowest BCUT2D eigenvalue weighted by Gasteiger charge is -2.39. The van der Waals surface area contributed by atoms with Crippen molar-refractivity contribution in [3.63, 3.8) is 0 Å². The Kier molecular flexibility index (Phi) is 8.04. The van der Waals surface area contributed by atoms with E-state index in [-0.39, 0.29) is 29.7 Å². The number of nitrogens with one attached hydrogen (secondary N) is 1. The first-order valence-electron chi connectivity index (χ1n) is 8.13. The number of halogens is 1. The van der Waals surface area contributed by atoms with E-state index in [1.165, 1.54) is 0 Å². The molecular formula is C16H28IN3O3S. The maximum atomic E-state index is 12.2. The first-order chi connectivity index (χ1) is 10.9. The van der Waals surface area contributed by atoms with Gasteiger partial charge in [0.25, 0.3) is 0 Å². The Hall–Kier alpha value is -0.770. The van der Waals surface area contributed by atoms with E-state index in [0.29, 0.717) is 19.6 Å². The van der Waals surface area contributed by atoms with Gasteiger partial charge in [0.05, 0.1) is 16.8 Å². The quantitative estimate of drug-likeness (QED) is 0.407. The molecule has 0 atom stereocenters. The third-order valence-electron chi connectivity index (χ3n) is 4.06. The highest BCUT2D eigenvalue weighted by molar-refractivity contribution is 14.0. The number of nitrogens with zero attached hydrogens (tertiary/aromatic N) is 2. The average molecular weight is 469 g/mol. The highest BCUT2D eigenvalue weighted by Gasteiger charge is 2.40. The van der Waals surface area contributed by atoms with E-state index in [4.69, 9.17) is 4.42 Å². The van der Waals surface area contributed by atoms with E-state index >= 15 is 0 Å². The van der Waals surface area contributed by atoms with E-state index in [1.807, 2.05) is 12.1 Å². The zero-order valence-corrected chi connectivity index (χ0v) is 17.8. The molecule has 1 fully saturated rings. The van der Waals surface area contributed by atoms with Crippen molar-refractivity contribution in [1.29, 1.82) is 0 Å². The Balaban J connectivity index is 0.00000288. The standard InChI is InChI=1S/C16H27N3O3S.HI/c1-4-8-17-15(18-9-7-14-6-5-11-22-14)19-10-12-23(20,21)16(2,3)13-19;/h5-6,11H,4,7-10,12-13H2,1-3H3,(H,17,18);1H. The first kappa shape index (κ1) is 21.3. The highest BCUT2D eigenvalue weighted by Crippen LogP contribution is 2.23. The fourth-order valence-corrected chi connectivity index (χ4v) is 3.93. The van der Waals surface area contributed by atoms with Crippen molar-refractivity contribution in [1.82, 2.24) is 10.2 Å². The highest BCUT2D eigenvalue weighted by atomic mass is 127. The van der Waals surface area contributed by atoms with Gasteiger partial charge in [-0.3, -0.25) is 4.99 Å². The fourth-order valence-electron chi connectivity index (χ4n) is 2.56. The SMILES string of the molecule is CCCN=C(NCCc1ccco1)N1CCS(=O)(=O)C(C)(C)C1.I. The summed E-state index contributed by atoms with van der Waals surface area (Å²) in [6, 6.07) is 3.82. The third kappa shape index (κ3) is 5.37. The molecule has 2 rings (SSSR count). The van der Waals surface area contributed by atoms with E-state index in [0.717, 1.165) is 31.1 Å². The summed E-state index contributed by atoms with van der Waals surface area (Å²) in [6.07, 6.45) is 3.39. The second-order valence-electron chi connectivity index (χ2n) is 6.46. The topological polar surface area (TPSA) is 74.9 Å². The predicted octanol–water partition coefficient (Wildman–Crippen LogP) is 2.30. The van der Waals surface area contributed by atoms with Gasteiger partial charge in [-0.15, -0.1) is 24.0 Å². The maximum Gasteiger partial charge on any atom is 0.194 e. The molecule has 1 aromatic rings. The molecule has 1 saturated heterocycles. The summed E-state index contributed by atoms with van der Waals surface area (Å²) < 4.78 is 28.9. The minimum absolute atomic E-state index is 0. The molecule has 1 aliphatic heterocycles. The van der Waals surface area contributed by atoms with Crippen LogP contribution in [0.2, 0.25) is 0 Å². The van der Waals surface area contributed by atoms with Gasteiger partial charge in [0.1, 0.15) is 5.76 Å². The number of sulfone groups is 1. The molecule has 2 heterocycles. The molecule has 1 aromatic heterocycles. The lowest BCUT2D eigenvalue weighted by molar-refractivity contribution is 0.352. The van der Waals surface area contributed by atoms with Crippen LogP contribution in [0.1, 0.15) is 33.0 Å². The molecule has 0 aromatic carbocycles. The van der Waals surface area contributed by atoms with Crippen LogP contribution >= 0.6 is 24.0 Å². The largest absolute Gasteiger partial charge is 0.469 e. The van der Waals surface area contributed by atoms with Gasteiger partial charge in [-0.25, -0.2) is 8.42 Å². The maximum absolute atomic E-state index is 12.2. The zero-order valence-electron chi connectivity index (χ0n) is 14.6. The van der Waals surface area contributed by atoms with Gasteiger partial charge in [0, 0.05) is 32.6 Å². The Morgan fingerprint density at radius 3 is 2.79 bits per heavy atom. The summed E-state index contributed by atoms with van der Waals surface area (Å²) in [5.74, 6) is 1.89. The van der Waals surface area contributed by atoms with Gasteiger partial charge in [0.2, 0.25) is 0 Å². The van der Waals surface area contributed by atoms with Crippen LogP contribution in [0.25, 0.3) is 0 Å². The molecule has 0 spiro atoms. The molecule has 6 nitrogen and oxygen atoms in total. The van der Waals surface area contributed by atoms with Gasteiger partial charge in [-0.1, -0.05) is 6.92 Å². The summed E-state index contributed by atoms with van der Waals surface area (Å²) in [5, 5.41) is 3.35. The van der Waals surface area contributed by atoms with E-state index < -0.39 is 14.6 Å². The molecule has 138 valence electrons. The number of guanidine groups is 1. The summed E-state index contributed by atoms with van der Waals surface area (Å²) >= 11 is 0. The first-order valence-corrected chi connectivity index (χ1v) is 9.79. The van der Waals surface area contributed by atoms with Gasteiger partial charge in [-0.05, 0) is 32.4 Å². The lowest BCUT2D eigenvalue weighted by atomic mass is 10.2. The normalized spacial score (nSPS) is 19.6. The van der Waals surface area contributed by atoms with E-state index in [1.54, 1.807) is 20.1 Å². The summed E-state index contributed by atoms with van der Waals surface area (Å²) in [7, 11) is -3.04. The predicted molar refractivity (Wildman–Crippen MR) is 108 cm³/mol. The van der Waals surface area contributed by atoms with Crippen molar-refractivity contribution >= 4 is 39.8 Å². The van der Waals surface area contributed by atoms with Crippen molar-refractivity contribution in [2.24, 2.45) is 4.99 Å². The fraction of sp³-hybridized carbons (Fsp3) is 0.688. The number of hydrogen-bond acceptors (Lipinski definition) is 4. The van der Waals surface area contributed by atoms with Gasteiger partial charge in [-0.2, -0.15) is 0 Å². The Bertz CT molecular complexity index is 627. The molecule has 1 N–H and O–H groups in total. The molecule has 0 aliphatic carbocycles.